The lowest BCUT2D eigenvalue weighted by Gasteiger charge is -2.07. The smallest absolute Gasteiger partial charge is 0.277 e. The molecule has 0 spiro atoms. The second kappa shape index (κ2) is 7.39. The number of rotatable bonds is 6. The van der Waals surface area contributed by atoms with Gasteiger partial charge < -0.3 is 19.0 Å². The summed E-state index contributed by atoms with van der Waals surface area (Å²) in [6.45, 7) is 3.48. The molecule has 0 aliphatic carbocycles. The molecule has 3 rings (SSSR count). The van der Waals surface area contributed by atoms with Crippen molar-refractivity contribution in [1.82, 2.24) is 15.4 Å². The summed E-state index contributed by atoms with van der Waals surface area (Å²) in [5.74, 6) is 1.72. The van der Waals surface area contributed by atoms with Crippen molar-refractivity contribution in [3.05, 3.63) is 36.1 Å². The Hall–Kier alpha value is -2.81. The fourth-order valence-electron chi connectivity index (χ4n) is 2.05. The van der Waals surface area contributed by atoms with Crippen molar-refractivity contribution in [2.24, 2.45) is 0 Å². The quantitative estimate of drug-likeness (QED) is 0.669. The number of ether oxygens (including phenoxy) is 1. The first-order valence-corrected chi connectivity index (χ1v) is 8.32. The maximum absolute atomic E-state index is 12.2. The van der Waals surface area contributed by atoms with Crippen LogP contribution in [0.25, 0.3) is 11.5 Å². The monoisotopic (exact) mass is 360 g/mol. The average molecular weight is 360 g/mol. The Morgan fingerprint density at radius 2 is 2.12 bits per heavy atom. The standard InChI is InChI=1S/C16H16N4O4S/c1-9-8-13(20-24-9)17-14(21)10(2)25-16-19-18-15(23-16)11-6-4-5-7-12(11)22-3/h4-8,10H,1-3H3,(H,17,20,21)/t10-/m1/s1. The lowest BCUT2D eigenvalue weighted by molar-refractivity contribution is -0.115. The van der Waals surface area contributed by atoms with E-state index in [0.29, 0.717) is 34.0 Å². The van der Waals surface area contributed by atoms with Gasteiger partial charge in [0, 0.05) is 6.07 Å². The summed E-state index contributed by atoms with van der Waals surface area (Å²) in [5.41, 5.74) is 0.694. The van der Waals surface area contributed by atoms with Crippen molar-refractivity contribution in [2.75, 3.05) is 12.4 Å². The Balaban J connectivity index is 1.67. The lowest BCUT2D eigenvalue weighted by atomic mass is 10.2. The summed E-state index contributed by atoms with van der Waals surface area (Å²) in [5, 5.41) is 14.2. The summed E-state index contributed by atoms with van der Waals surface area (Å²) in [6.07, 6.45) is 0. The van der Waals surface area contributed by atoms with Crippen LogP contribution in [-0.2, 0) is 4.79 Å². The number of benzene rings is 1. The fraction of sp³-hybridized carbons (Fsp3) is 0.250. The Kier molecular flexibility index (Phi) is 5.03. The minimum atomic E-state index is -0.456. The zero-order valence-corrected chi connectivity index (χ0v) is 14.7. The van der Waals surface area contributed by atoms with Crippen LogP contribution in [0.5, 0.6) is 5.75 Å². The van der Waals surface area contributed by atoms with Gasteiger partial charge in [-0.3, -0.25) is 4.79 Å². The zero-order chi connectivity index (χ0) is 17.8. The third-order valence-corrected chi connectivity index (χ3v) is 4.20. The maximum Gasteiger partial charge on any atom is 0.277 e. The number of aryl methyl sites for hydroxylation is 1. The highest BCUT2D eigenvalue weighted by Gasteiger charge is 2.20. The molecule has 2 heterocycles. The molecule has 0 saturated carbocycles. The van der Waals surface area contributed by atoms with Crippen LogP contribution < -0.4 is 10.1 Å². The van der Waals surface area contributed by atoms with Crippen molar-refractivity contribution in [3.8, 4) is 17.2 Å². The number of anilines is 1. The fourth-order valence-corrected chi connectivity index (χ4v) is 2.73. The number of aromatic nitrogens is 3. The number of amides is 1. The molecule has 9 heteroatoms. The third-order valence-electron chi connectivity index (χ3n) is 3.27. The Morgan fingerprint density at radius 1 is 1.32 bits per heavy atom. The topological polar surface area (TPSA) is 103 Å². The molecule has 1 N–H and O–H groups in total. The summed E-state index contributed by atoms with van der Waals surface area (Å²) in [7, 11) is 1.57. The van der Waals surface area contributed by atoms with Crippen LogP contribution >= 0.6 is 11.8 Å². The molecule has 1 atom stereocenters. The molecule has 0 aliphatic heterocycles. The Bertz CT molecular complexity index is 876. The SMILES string of the molecule is COc1ccccc1-c1nnc(S[C@H](C)C(=O)Nc2cc(C)on2)o1. The van der Waals surface area contributed by atoms with Crippen LogP contribution in [0.2, 0.25) is 0 Å². The first-order valence-electron chi connectivity index (χ1n) is 7.44. The maximum atomic E-state index is 12.2. The molecule has 0 bridgehead atoms. The van der Waals surface area contributed by atoms with E-state index in [4.69, 9.17) is 13.7 Å². The Labute approximate surface area is 147 Å². The second-order valence-electron chi connectivity index (χ2n) is 5.15. The lowest BCUT2D eigenvalue weighted by Crippen LogP contribution is -2.22. The third kappa shape index (κ3) is 4.00. The summed E-state index contributed by atoms with van der Waals surface area (Å²) in [6, 6.07) is 8.98. The molecular weight excluding hydrogens is 344 g/mol. The number of hydrogen-bond donors (Lipinski definition) is 1. The van der Waals surface area contributed by atoms with Crippen molar-refractivity contribution in [1.29, 1.82) is 0 Å². The highest BCUT2D eigenvalue weighted by Crippen LogP contribution is 2.31. The van der Waals surface area contributed by atoms with E-state index in [1.54, 1.807) is 27.0 Å². The molecule has 0 aliphatic rings. The summed E-state index contributed by atoms with van der Waals surface area (Å²) < 4.78 is 15.8. The van der Waals surface area contributed by atoms with Crippen LogP contribution in [0.1, 0.15) is 12.7 Å². The highest BCUT2D eigenvalue weighted by atomic mass is 32.2. The number of para-hydroxylation sites is 1. The van der Waals surface area contributed by atoms with Crippen LogP contribution in [0, 0.1) is 6.92 Å². The van der Waals surface area contributed by atoms with E-state index in [9.17, 15) is 4.79 Å². The van der Waals surface area contributed by atoms with Gasteiger partial charge in [0.15, 0.2) is 5.82 Å². The van der Waals surface area contributed by atoms with Gasteiger partial charge in [0.1, 0.15) is 11.5 Å². The van der Waals surface area contributed by atoms with Crippen molar-refractivity contribution >= 4 is 23.5 Å². The van der Waals surface area contributed by atoms with Crippen LogP contribution in [0.3, 0.4) is 0 Å². The number of thioether (sulfide) groups is 1. The van der Waals surface area contributed by atoms with Gasteiger partial charge >= 0.3 is 0 Å². The van der Waals surface area contributed by atoms with Gasteiger partial charge in [-0.15, -0.1) is 10.2 Å². The normalized spacial score (nSPS) is 12.0. The number of carbonyl (C=O) groups excluding carboxylic acids is 1. The molecule has 1 aromatic carbocycles. The molecule has 3 aromatic rings. The predicted molar refractivity (Wildman–Crippen MR) is 91.5 cm³/mol. The van der Waals surface area contributed by atoms with Crippen molar-refractivity contribution in [3.63, 3.8) is 0 Å². The van der Waals surface area contributed by atoms with Crippen molar-refractivity contribution in [2.45, 2.75) is 24.3 Å². The van der Waals surface area contributed by atoms with Gasteiger partial charge in [0.25, 0.3) is 11.1 Å². The van der Waals surface area contributed by atoms with E-state index < -0.39 is 5.25 Å². The minimum absolute atomic E-state index is 0.240. The molecule has 130 valence electrons. The molecule has 0 saturated heterocycles. The Morgan fingerprint density at radius 3 is 2.84 bits per heavy atom. The summed E-state index contributed by atoms with van der Waals surface area (Å²) >= 11 is 1.16. The molecule has 8 nitrogen and oxygen atoms in total. The molecule has 0 unspecified atom stereocenters. The molecule has 2 aromatic heterocycles. The second-order valence-corrected chi connectivity index (χ2v) is 6.44. The van der Waals surface area contributed by atoms with Gasteiger partial charge in [0.2, 0.25) is 5.91 Å². The van der Waals surface area contributed by atoms with Crippen LogP contribution in [0.15, 0.2) is 44.5 Å². The van der Waals surface area contributed by atoms with E-state index in [1.165, 1.54) is 0 Å². The van der Waals surface area contributed by atoms with Gasteiger partial charge in [-0.25, -0.2) is 0 Å². The number of nitrogens with one attached hydrogen (secondary N) is 1. The van der Waals surface area contributed by atoms with E-state index >= 15 is 0 Å². The molecule has 1 amide bonds. The van der Waals surface area contributed by atoms with Crippen LogP contribution in [0.4, 0.5) is 5.82 Å². The van der Waals surface area contributed by atoms with E-state index in [0.717, 1.165) is 11.8 Å². The summed E-state index contributed by atoms with van der Waals surface area (Å²) in [4.78, 5) is 12.2. The minimum Gasteiger partial charge on any atom is -0.496 e. The number of nitrogens with zero attached hydrogens (tertiary/aromatic N) is 3. The van der Waals surface area contributed by atoms with Crippen LogP contribution in [-0.4, -0.2) is 33.6 Å². The molecule has 0 radical (unpaired) electrons. The van der Waals surface area contributed by atoms with Gasteiger partial charge in [-0.2, -0.15) is 0 Å². The highest BCUT2D eigenvalue weighted by molar-refractivity contribution is 8.00. The molecule has 25 heavy (non-hydrogen) atoms. The van der Waals surface area contributed by atoms with Gasteiger partial charge in [-0.05, 0) is 26.0 Å². The number of carbonyl (C=O) groups is 1. The van der Waals surface area contributed by atoms with Gasteiger partial charge in [0.05, 0.1) is 17.9 Å². The predicted octanol–water partition coefficient (Wildman–Crippen LogP) is 3.16. The zero-order valence-electron chi connectivity index (χ0n) is 13.8. The molecule has 0 fully saturated rings. The van der Waals surface area contributed by atoms with E-state index in [1.807, 2.05) is 24.3 Å². The average Bonchev–Trinajstić information content (AvgIpc) is 3.23. The van der Waals surface area contributed by atoms with E-state index in [2.05, 4.69) is 20.7 Å². The first-order chi connectivity index (χ1) is 12.1. The van der Waals surface area contributed by atoms with Gasteiger partial charge in [-0.1, -0.05) is 29.1 Å². The number of methoxy groups -OCH3 is 1. The first kappa shape index (κ1) is 17.0. The molecular formula is C16H16N4O4S. The largest absolute Gasteiger partial charge is 0.496 e. The van der Waals surface area contributed by atoms with Crippen molar-refractivity contribution < 1.29 is 18.5 Å². The van der Waals surface area contributed by atoms with E-state index in [-0.39, 0.29) is 5.91 Å². The number of hydrogen-bond acceptors (Lipinski definition) is 8.